The molecule has 23 heavy (non-hydrogen) atoms. The van der Waals surface area contributed by atoms with Crippen molar-refractivity contribution in [1.82, 2.24) is 30.0 Å². The minimum Gasteiger partial charge on any atom is -0.338 e. The lowest BCUT2D eigenvalue weighted by Crippen LogP contribution is -2.50. The summed E-state index contributed by atoms with van der Waals surface area (Å²) in [6, 6.07) is 9.61. The largest absolute Gasteiger partial charge is 0.338 e. The Morgan fingerprint density at radius 3 is 2.52 bits per heavy atom. The van der Waals surface area contributed by atoms with Gasteiger partial charge in [0.25, 0.3) is 0 Å². The average molecular weight is 314 g/mol. The summed E-state index contributed by atoms with van der Waals surface area (Å²) < 4.78 is 1.57. The van der Waals surface area contributed by atoms with Crippen LogP contribution in [-0.4, -0.2) is 68.6 Å². The van der Waals surface area contributed by atoms with Gasteiger partial charge in [-0.25, -0.2) is 4.68 Å². The molecule has 0 saturated carbocycles. The average Bonchev–Trinajstić information content (AvgIpc) is 3.14. The maximum absolute atomic E-state index is 13.0. The van der Waals surface area contributed by atoms with E-state index in [-0.39, 0.29) is 11.9 Å². The second-order valence-electron chi connectivity index (χ2n) is 5.75. The molecule has 0 aliphatic carbocycles. The molecule has 0 unspecified atom stereocenters. The van der Waals surface area contributed by atoms with E-state index in [2.05, 4.69) is 27.3 Å². The molecule has 2 heterocycles. The maximum atomic E-state index is 13.0. The van der Waals surface area contributed by atoms with Gasteiger partial charge in [-0.1, -0.05) is 37.3 Å². The zero-order chi connectivity index (χ0) is 16.1. The third-order valence-corrected chi connectivity index (χ3v) is 4.37. The Labute approximate surface area is 135 Å². The summed E-state index contributed by atoms with van der Waals surface area (Å²) in [5.41, 5.74) is 1.11. The zero-order valence-corrected chi connectivity index (χ0v) is 13.4. The van der Waals surface area contributed by atoms with Crippen LogP contribution in [0.15, 0.2) is 36.7 Å². The summed E-state index contributed by atoms with van der Waals surface area (Å²) >= 11 is 0. The van der Waals surface area contributed by atoms with Crippen LogP contribution in [0.1, 0.15) is 18.5 Å². The quantitative estimate of drug-likeness (QED) is 0.809. The van der Waals surface area contributed by atoms with Gasteiger partial charge in [0.1, 0.15) is 12.4 Å². The van der Waals surface area contributed by atoms with Gasteiger partial charge in [0.05, 0.1) is 0 Å². The van der Waals surface area contributed by atoms with Gasteiger partial charge in [0.15, 0.2) is 0 Å². The molecule has 1 aromatic carbocycles. The van der Waals surface area contributed by atoms with Gasteiger partial charge in [0, 0.05) is 32.6 Å². The minimum absolute atomic E-state index is 0.0944. The van der Waals surface area contributed by atoms with Crippen LogP contribution >= 0.6 is 0 Å². The van der Waals surface area contributed by atoms with E-state index < -0.39 is 0 Å². The second kappa shape index (κ2) is 7.32. The summed E-state index contributed by atoms with van der Waals surface area (Å²) in [5.74, 6) is 0.0944. The fourth-order valence-corrected chi connectivity index (χ4v) is 2.94. The Morgan fingerprint density at radius 2 is 1.91 bits per heavy atom. The Morgan fingerprint density at radius 1 is 1.17 bits per heavy atom. The summed E-state index contributed by atoms with van der Waals surface area (Å²) in [4.78, 5) is 17.3. The van der Waals surface area contributed by atoms with Gasteiger partial charge in [-0.2, -0.15) is 0 Å². The Bertz CT molecular complexity index is 607. The molecule has 1 aromatic heterocycles. The number of carbonyl (C=O) groups excluding carboxylic acids is 1. The van der Waals surface area contributed by atoms with Crippen LogP contribution in [-0.2, 0) is 11.2 Å². The monoisotopic (exact) mass is 314 g/mol. The molecule has 0 N–H and O–H groups in total. The summed E-state index contributed by atoms with van der Waals surface area (Å²) in [7, 11) is 0. The van der Waals surface area contributed by atoms with E-state index >= 15 is 0 Å². The standard InChI is InChI=1S/C16H22N6O/c1-2-20-8-10-21(11-9-20)16(23)15(22-13-17-18-19-22)12-14-6-4-3-5-7-14/h3-7,13,15H,2,8-12H2,1H3/t15-/m0/s1. The van der Waals surface area contributed by atoms with Crippen LogP contribution in [0, 0.1) is 0 Å². The molecule has 1 saturated heterocycles. The highest BCUT2D eigenvalue weighted by Gasteiger charge is 2.29. The predicted molar refractivity (Wildman–Crippen MR) is 85.7 cm³/mol. The van der Waals surface area contributed by atoms with Gasteiger partial charge < -0.3 is 9.80 Å². The van der Waals surface area contributed by atoms with Gasteiger partial charge in [-0.15, -0.1) is 5.10 Å². The highest BCUT2D eigenvalue weighted by Crippen LogP contribution is 2.17. The van der Waals surface area contributed by atoms with E-state index in [0.717, 1.165) is 38.3 Å². The van der Waals surface area contributed by atoms with Crippen LogP contribution in [0.25, 0.3) is 0 Å². The normalized spacial score (nSPS) is 17.2. The van der Waals surface area contributed by atoms with Crippen molar-refractivity contribution in [2.24, 2.45) is 0 Å². The van der Waals surface area contributed by atoms with Crippen LogP contribution in [0.4, 0.5) is 0 Å². The van der Waals surface area contributed by atoms with E-state index in [9.17, 15) is 4.79 Å². The smallest absolute Gasteiger partial charge is 0.248 e. The van der Waals surface area contributed by atoms with Crippen molar-refractivity contribution in [3.63, 3.8) is 0 Å². The number of hydrogen-bond acceptors (Lipinski definition) is 5. The van der Waals surface area contributed by atoms with Gasteiger partial charge in [0.2, 0.25) is 5.91 Å². The molecule has 0 radical (unpaired) electrons. The van der Waals surface area contributed by atoms with Gasteiger partial charge in [-0.05, 0) is 22.5 Å². The number of likely N-dealkylation sites (N-methyl/N-ethyl adjacent to an activating group) is 1. The molecule has 2 aromatic rings. The molecule has 7 heteroatoms. The first-order chi connectivity index (χ1) is 11.3. The van der Waals surface area contributed by atoms with Crippen LogP contribution in [0.3, 0.4) is 0 Å². The van der Waals surface area contributed by atoms with Crippen LogP contribution < -0.4 is 0 Å². The number of rotatable bonds is 5. The molecule has 1 aliphatic rings. The van der Waals surface area contributed by atoms with E-state index in [1.165, 1.54) is 6.33 Å². The van der Waals surface area contributed by atoms with E-state index in [4.69, 9.17) is 0 Å². The lowest BCUT2D eigenvalue weighted by molar-refractivity contribution is -0.136. The molecule has 1 fully saturated rings. The number of nitrogens with zero attached hydrogens (tertiary/aromatic N) is 6. The second-order valence-corrected chi connectivity index (χ2v) is 5.75. The lowest BCUT2D eigenvalue weighted by Gasteiger charge is -2.35. The first-order valence-corrected chi connectivity index (χ1v) is 8.05. The predicted octanol–water partition coefficient (Wildman–Crippen LogP) is 0.621. The van der Waals surface area contributed by atoms with Crippen LogP contribution in [0.2, 0.25) is 0 Å². The molecule has 122 valence electrons. The van der Waals surface area contributed by atoms with Gasteiger partial charge in [-0.3, -0.25) is 4.79 Å². The third-order valence-electron chi connectivity index (χ3n) is 4.37. The molecule has 3 rings (SSSR count). The fourth-order valence-electron chi connectivity index (χ4n) is 2.94. The molecule has 1 aliphatic heterocycles. The van der Waals surface area contributed by atoms with Crippen molar-refractivity contribution < 1.29 is 4.79 Å². The lowest BCUT2D eigenvalue weighted by atomic mass is 10.0. The molecule has 7 nitrogen and oxygen atoms in total. The topological polar surface area (TPSA) is 67.2 Å². The molecule has 0 spiro atoms. The fraction of sp³-hybridized carbons (Fsp3) is 0.500. The maximum Gasteiger partial charge on any atom is 0.248 e. The van der Waals surface area contributed by atoms with Crippen LogP contribution in [0.5, 0.6) is 0 Å². The summed E-state index contributed by atoms with van der Waals surface area (Å²) in [5, 5.41) is 11.3. The Hall–Kier alpha value is -2.28. The number of hydrogen-bond donors (Lipinski definition) is 0. The summed E-state index contributed by atoms with van der Waals surface area (Å²) in [6.45, 7) is 6.56. The highest BCUT2D eigenvalue weighted by atomic mass is 16.2. The van der Waals surface area contributed by atoms with Crippen molar-refractivity contribution in [3.05, 3.63) is 42.2 Å². The highest BCUT2D eigenvalue weighted by molar-refractivity contribution is 5.80. The zero-order valence-electron chi connectivity index (χ0n) is 13.4. The number of piperazine rings is 1. The van der Waals surface area contributed by atoms with Crippen molar-refractivity contribution in [3.8, 4) is 0 Å². The van der Waals surface area contributed by atoms with Crippen molar-refractivity contribution in [2.45, 2.75) is 19.4 Å². The Kier molecular flexibility index (Phi) is 4.97. The molecule has 1 atom stereocenters. The van der Waals surface area contributed by atoms with E-state index in [1.807, 2.05) is 35.2 Å². The molecule has 1 amide bonds. The van der Waals surface area contributed by atoms with E-state index in [0.29, 0.717) is 6.42 Å². The third kappa shape index (κ3) is 3.73. The number of benzene rings is 1. The van der Waals surface area contributed by atoms with Crippen molar-refractivity contribution in [2.75, 3.05) is 32.7 Å². The molecular formula is C16H22N6O. The number of tetrazole rings is 1. The number of carbonyl (C=O) groups is 1. The number of amides is 1. The van der Waals surface area contributed by atoms with Crippen molar-refractivity contribution in [1.29, 1.82) is 0 Å². The molecule has 0 bridgehead atoms. The van der Waals surface area contributed by atoms with E-state index in [1.54, 1.807) is 4.68 Å². The number of aromatic nitrogens is 4. The SMILES string of the molecule is CCN1CCN(C(=O)[C@H](Cc2ccccc2)n2cnnn2)CC1. The Balaban J connectivity index is 1.74. The first kappa shape index (κ1) is 15.6. The minimum atomic E-state index is -0.388. The first-order valence-electron chi connectivity index (χ1n) is 8.05. The van der Waals surface area contributed by atoms with Gasteiger partial charge >= 0.3 is 0 Å². The molecular weight excluding hydrogens is 292 g/mol. The van der Waals surface area contributed by atoms with Crippen molar-refractivity contribution >= 4 is 5.91 Å². The summed E-state index contributed by atoms with van der Waals surface area (Å²) in [6.07, 6.45) is 2.12.